The Hall–Kier alpha value is -2.22. The van der Waals surface area contributed by atoms with E-state index in [4.69, 9.17) is 9.68 Å². The predicted molar refractivity (Wildman–Crippen MR) is 67.6 cm³/mol. The monoisotopic (exact) mass is 268 g/mol. The van der Waals surface area contributed by atoms with Crippen molar-refractivity contribution in [2.24, 2.45) is 5.16 Å². The number of carbonyl (C=O) groups excluding carboxylic acids is 1. The Kier molecular flexibility index (Phi) is 5.68. The van der Waals surface area contributed by atoms with Crippen molar-refractivity contribution < 1.29 is 19.2 Å². The van der Waals surface area contributed by atoms with E-state index < -0.39 is 6.09 Å². The first-order chi connectivity index (χ1) is 9.15. The number of hydrogen-bond donors (Lipinski definition) is 0. The van der Waals surface area contributed by atoms with Gasteiger partial charge in [-0.1, -0.05) is 5.16 Å². The molecule has 1 rings (SSSR count). The Balaban J connectivity index is 3.11. The van der Waals surface area contributed by atoms with Crippen molar-refractivity contribution in [3.05, 3.63) is 17.7 Å². The molecule has 0 N–H and O–H groups in total. The minimum absolute atomic E-state index is 0.0832. The fourth-order valence-electron chi connectivity index (χ4n) is 1.40. The molecule has 0 aliphatic rings. The summed E-state index contributed by atoms with van der Waals surface area (Å²) in [4.78, 5) is 29.7. The lowest BCUT2D eigenvalue weighted by Gasteiger charge is -2.21. The smallest absolute Gasteiger partial charge is 0.438 e. The third-order valence-corrected chi connectivity index (χ3v) is 2.19. The van der Waals surface area contributed by atoms with Crippen molar-refractivity contribution >= 4 is 18.0 Å². The number of aryl methyl sites for hydroxylation is 1. The molecule has 0 fully saturated rings. The molecular formula is C11H16N4O4. The number of methoxy groups -OCH3 is 1. The van der Waals surface area contributed by atoms with Crippen molar-refractivity contribution in [2.75, 3.05) is 19.3 Å². The topological polar surface area (TPSA) is 86.1 Å². The van der Waals surface area contributed by atoms with Gasteiger partial charge in [0.15, 0.2) is 6.61 Å². The summed E-state index contributed by atoms with van der Waals surface area (Å²) in [5, 5.41) is 4.59. The van der Waals surface area contributed by atoms with Gasteiger partial charge in [-0.2, -0.15) is 0 Å². The number of oxime groups is 1. The Labute approximate surface area is 110 Å². The van der Waals surface area contributed by atoms with Crippen LogP contribution in [0.15, 0.2) is 11.5 Å². The van der Waals surface area contributed by atoms with Crippen LogP contribution in [0.25, 0.3) is 0 Å². The predicted octanol–water partition coefficient (Wildman–Crippen LogP) is 1.44. The van der Waals surface area contributed by atoms with Crippen molar-refractivity contribution in [1.29, 1.82) is 0 Å². The molecule has 0 radical (unpaired) electrons. The number of hydroxylamine groups is 1. The van der Waals surface area contributed by atoms with E-state index in [2.05, 4.69) is 19.9 Å². The Bertz CT molecular complexity index is 464. The van der Waals surface area contributed by atoms with E-state index in [1.54, 1.807) is 13.8 Å². The summed E-state index contributed by atoms with van der Waals surface area (Å²) >= 11 is 0. The van der Waals surface area contributed by atoms with Gasteiger partial charge in [0.2, 0.25) is 0 Å². The van der Waals surface area contributed by atoms with Gasteiger partial charge < -0.3 is 9.57 Å². The number of anilines is 1. The molecule has 8 nitrogen and oxygen atoms in total. The van der Waals surface area contributed by atoms with Crippen LogP contribution >= 0.6 is 0 Å². The molecule has 0 aromatic carbocycles. The normalized spacial score (nSPS) is 10.5. The van der Waals surface area contributed by atoms with Crippen LogP contribution in [-0.2, 0) is 21.0 Å². The van der Waals surface area contributed by atoms with Gasteiger partial charge in [0.25, 0.3) is 0 Å². The van der Waals surface area contributed by atoms with Crippen molar-refractivity contribution in [3.8, 4) is 0 Å². The van der Waals surface area contributed by atoms with Gasteiger partial charge in [0, 0.05) is 6.21 Å². The van der Waals surface area contributed by atoms with E-state index in [0.29, 0.717) is 17.1 Å². The number of aromatic nitrogens is 2. The van der Waals surface area contributed by atoms with E-state index in [1.165, 1.54) is 26.8 Å². The highest BCUT2D eigenvalue weighted by atomic mass is 16.7. The van der Waals surface area contributed by atoms with E-state index in [0.717, 1.165) is 5.06 Å². The molecule has 1 amide bonds. The first kappa shape index (κ1) is 14.8. The highest BCUT2D eigenvalue weighted by molar-refractivity contribution is 5.86. The van der Waals surface area contributed by atoms with Gasteiger partial charge in [-0.15, -0.1) is 5.06 Å². The zero-order valence-corrected chi connectivity index (χ0v) is 11.3. The van der Waals surface area contributed by atoms with Crippen LogP contribution in [0.5, 0.6) is 0 Å². The summed E-state index contributed by atoms with van der Waals surface area (Å²) in [5.41, 5.74) is 1.40. The number of ether oxygens (including phenoxy) is 1. The number of amides is 1. The first-order valence-electron chi connectivity index (χ1n) is 5.48. The number of carbonyl (C=O) groups is 1. The Morgan fingerprint density at radius 2 is 2.21 bits per heavy atom. The maximum absolute atomic E-state index is 11.6. The van der Waals surface area contributed by atoms with E-state index in [-0.39, 0.29) is 6.61 Å². The largest absolute Gasteiger partial charge is 0.451 e. The second-order valence-electron chi connectivity index (χ2n) is 3.34. The highest BCUT2D eigenvalue weighted by Crippen LogP contribution is 2.23. The van der Waals surface area contributed by atoms with Gasteiger partial charge >= 0.3 is 6.09 Å². The summed E-state index contributed by atoms with van der Waals surface area (Å²) in [6.07, 6.45) is 2.20. The van der Waals surface area contributed by atoms with Crippen molar-refractivity contribution in [1.82, 2.24) is 9.97 Å². The molecule has 0 saturated heterocycles. The van der Waals surface area contributed by atoms with Crippen LogP contribution in [0, 0.1) is 6.92 Å². The van der Waals surface area contributed by atoms with Crippen molar-refractivity contribution in [2.45, 2.75) is 20.5 Å². The zero-order valence-electron chi connectivity index (χ0n) is 11.3. The van der Waals surface area contributed by atoms with Gasteiger partial charge in [-0.05, 0) is 13.8 Å². The molecule has 0 unspecified atom stereocenters. The van der Waals surface area contributed by atoms with Crippen LogP contribution in [0.2, 0.25) is 0 Å². The Morgan fingerprint density at radius 1 is 1.47 bits per heavy atom. The third kappa shape index (κ3) is 3.62. The van der Waals surface area contributed by atoms with E-state index >= 15 is 0 Å². The lowest BCUT2D eigenvalue weighted by Crippen LogP contribution is -2.31. The maximum atomic E-state index is 11.6. The molecule has 19 heavy (non-hydrogen) atoms. The van der Waals surface area contributed by atoms with Crippen LogP contribution in [-0.4, -0.2) is 36.5 Å². The summed E-state index contributed by atoms with van der Waals surface area (Å²) < 4.78 is 4.63. The van der Waals surface area contributed by atoms with E-state index in [9.17, 15) is 4.79 Å². The first-order valence-corrected chi connectivity index (χ1v) is 5.48. The number of hydrogen-bond acceptors (Lipinski definition) is 7. The van der Waals surface area contributed by atoms with E-state index in [1.807, 2.05) is 0 Å². The maximum Gasteiger partial charge on any atom is 0.438 e. The second-order valence-corrected chi connectivity index (χ2v) is 3.34. The van der Waals surface area contributed by atoms with Crippen LogP contribution in [0.3, 0.4) is 0 Å². The third-order valence-electron chi connectivity index (χ3n) is 2.19. The van der Waals surface area contributed by atoms with Gasteiger partial charge in [0.1, 0.15) is 17.7 Å². The summed E-state index contributed by atoms with van der Waals surface area (Å²) in [6.45, 7) is 3.53. The minimum Gasteiger partial charge on any atom is -0.451 e. The second kappa shape index (κ2) is 7.27. The molecule has 1 heterocycles. The summed E-state index contributed by atoms with van der Waals surface area (Å²) in [7, 11) is 2.60. The lowest BCUT2D eigenvalue weighted by atomic mass is 10.2. The summed E-state index contributed by atoms with van der Waals surface area (Å²) in [6, 6.07) is 0. The van der Waals surface area contributed by atoms with Crippen LogP contribution < -0.4 is 5.06 Å². The fraction of sp³-hybridized carbons (Fsp3) is 0.455. The zero-order chi connectivity index (χ0) is 14.3. The molecular weight excluding hydrogens is 252 g/mol. The fourth-order valence-corrected chi connectivity index (χ4v) is 1.40. The quantitative estimate of drug-likeness (QED) is 0.593. The molecule has 8 heteroatoms. The molecule has 1 aromatic heterocycles. The molecule has 104 valence electrons. The number of rotatable bonds is 5. The molecule has 0 aliphatic carbocycles. The van der Waals surface area contributed by atoms with Gasteiger partial charge in [-0.3, -0.25) is 4.84 Å². The van der Waals surface area contributed by atoms with Gasteiger partial charge in [-0.25, -0.2) is 14.8 Å². The standard InChI is InChI=1S/C11H16N4O4/c1-5-14-19-6-9-10(8(2)12-7-13-9)15(18-4)11(16)17-3/h5,7H,6H2,1-4H3. The summed E-state index contributed by atoms with van der Waals surface area (Å²) in [5.74, 6) is 0. The molecule has 1 aromatic rings. The molecule has 0 spiro atoms. The number of nitrogens with zero attached hydrogens (tertiary/aromatic N) is 4. The molecule has 0 aliphatic heterocycles. The highest BCUT2D eigenvalue weighted by Gasteiger charge is 2.23. The average molecular weight is 268 g/mol. The minimum atomic E-state index is -0.680. The van der Waals surface area contributed by atoms with Crippen LogP contribution in [0.4, 0.5) is 10.5 Å². The SMILES string of the molecule is CC=NOCc1ncnc(C)c1N(OC)C(=O)OC. The molecule has 0 saturated carbocycles. The molecule has 0 atom stereocenters. The van der Waals surface area contributed by atoms with Crippen LogP contribution in [0.1, 0.15) is 18.3 Å². The average Bonchev–Trinajstić information content (AvgIpc) is 2.42. The lowest BCUT2D eigenvalue weighted by molar-refractivity contribution is 0.110. The van der Waals surface area contributed by atoms with Gasteiger partial charge in [0.05, 0.1) is 19.9 Å². The molecule has 0 bridgehead atoms. The Morgan fingerprint density at radius 3 is 2.79 bits per heavy atom. The van der Waals surface area contributed by atoms with Crippen molar-refractivity contribution in [3.63, 3.8) is 0 Å².